The fourth-order valence-corrected chi connectivity index (χ4v) is 3.81. The standard InChI is InChI=1S/C26H32N2O5/c1-26(2,3)25(31)28-15-13-19(14-16-28)24(30)33-22(18-9-6-5-7-10-18)23(29)27-20-11-8-12-21(17-20)32-4/h5-12,17,19,22H,13-16H2,1-4H3,(H,27,29). The minimum Gasteiger partial charge on any atom is -0.497 e. The largest absolute Gasteiger partial charge is 0.497 e. The molecule has 0 aliphatic carbocycles. The summed E-state index contributed by atoms with van der Waals surface area (Å²) in [5.74, 6) is -0.535. The minimum atomic E-state index is -1.08. The minimum absolute atomic E-state index is 0.0779. The number of anilines is 1. The van der Waals surface area contributed by atoms with Crippen molar-refractivity contribution >= 4 is 23.5 Å². The summed E-state index contributed by atoms with van der Waals surface area (Å²) in [7, 11) is 1.55. The van der Waals surface area contributed by atoms with Crippen LogP contribution in [0.5, 0.6) is 5.75 Å². The van der Waals surface area contributed by atoms with Crippen molar-refractivity contribution in [3.05, 3.63) is 60.2 Å². The maximum absolute atomic E-state index is 13.1. The van der Waals surface area contributed by atoms with E-state index >= 15 is 0 Å². The Morgan fingerprint density at radius 2 is 1.67 bits per heavy atom. The summed E-state index contributed by atoms with van der Waals surface area (Å²) in [4.78, 5) is 40.4. The van der Waals surface area contributed by atoms with Gasteiger partial charge in [-0.25, -0.2) is 0 Å². The molecule has 0 radical (unpaired) electrons. The first-order chi connectivity index (χ1) is 15.7. The summed E-state index contributed by atoms with van der Waals surface area (Å²) in [6.07, 6.45) is -0.0570. The number of hydrogen-bond acceptors (Lipinski definition) is 5. The lowest BCUT2D eigenvalue weighted by Gasteiger charge is -2.35. The molecule has 2 aromatic carbocycles. The monoisotopic (exact) mass is 452 g/mol. The Labute approximate surface area is 195 Å². The fraction of sp³-hybridized carbons (Fsp3) is 0.423. The molecule has 3 rings (SSSR count). The molecule has 1 N–H and O–H groups in total. The number of carbonyl (C=O) groups excluding carboxylic acids is 3. The van der Waals surface area contributed by atoms with Crippen LogP contribution in [0.1, 0.15) is 45.3 Å². The summed E-state index contributed by atoms with van der Waals surface area (Å²) >= 11 is 0. The molecular formula is C26H32N2O5. The second-order valence-corrected chi connectivity index (χ2v) is 9.27. The van der Waals surface area contributed by atoms with Gasteiger partial charge in [0, 0.05) is 35.8 Å². The molecule has 0 bridgehead atoms. The normalized spacial score (nSPS) is 15.5. The molecule has 1 fully saturated rings. The average Bonchev–Trinajstić information content (AvgIpc) is 2.82. The van der Waals surface area contributed by atoms with Gasteiger partial charge < -0.3 is 19.7 Å². The van der Waals surface area contributed by atoms with E-state index in [2.05, 4.69) is 5.32 Å². The molecule has 1 unspecified atom stereocenters. The lowest BCUT2D eigenvalue weighted by Crippen LogP contribution is -2.45. The average molecular weight is 453 g/mol. The first-order valence-electron chi connectivity index (χ1n) is 11.2. The van der Waals surface area contributed by atoms with Gasteiger partial charge in [-0.05, 0) is 25.0 Å². The Morgan fingerprint density at radius 3 is 2.27 bits per heavy atom. The van der Waals surface area contributed by atoms with E-state index in [4.69, 9.17) is 9.47 Å². The topological polar surface area (TPSA) is 84.9 Å². The third-order valence-electron chi connectivity index (χ3n) is 5.67. The number of amides is 2. The van der Waals surface area contributed by atoms with Crippen molar-refractivity contribution in [2.45, 2.75) is 39.7 Å². The highest BCUT2D eigenvalue weighted by Gasteiger charge is 2.35. The van der Waals surface area contributed by atoms with Crippen LogP contribution < -0.4 is 10.1 Å². The van der Waals surface area contributed by atoms with Gasteiger partial charge in [0.15, 0.2) is 0 Å². The van der Waals surface area contributed by atoms with Crippen molar-refractivity contribution in [2.75, 3.05) is 25.5 Å². The van der Waals surface area contributed by atoms with Gasteiger partial charge in [0.25, 0.3) is 5.91 Å². The number of nitrogens with one attached hydrogen (secondary N) is 1. The van der Waals surface area contributed by atoms with Gasteiger partial charge in [-0.15, -0.1) is 0 Å². The van der Waals surface area contributed by atoms with Crippen LogP contribution in [0.25, 0.3) is 0 Å². The zero-order valence-corrected chi connectivity index (χ0v) is 19.7. The maximum Gasteiger partial charge on any atom is 0.310 e. The third kappa shape index (κ3) is 6.34. The number of carbonyl (C=O) groups is 3. The van der Waals surface area contributed by atoms with E-state index in [1.54, 1.807) is 60.5 Å². The first-order valence-corrected chi connectivity index (χ1v) is 11.2. The van der Waals surface area contributed by atoms with E-state index in [-0.39, 0.29) is 11.8 Å². The molecule has 1 aliphatic heterocycles. The Balaban J connectivity index is 1.69. The number of nitrogens with zero attached hydrogens (tertiary/aromatic N) is 1. The molecule has 1 heterocycles. The van der Waals surface area contributed by atoms with Crippen molar-refractivity contribution in [3.63, 3.8) is 0 Å². The highest BCUT2D eigenvalue weighted by Crippen LogP contribution is 2.28. The second kappa shape index (κ2) is 10.5. The van der Waals surface area contributed by atoms with E-state index in [1.807, 2.05) is 26.8 Å². The van der Waals surface area contributed by atoms with Gasteiger partial charge in [-0.1, -0.05) is 57.2 Å². The quantitative estimate of drug-likeness (QED) is 0.664. The molecule has 2 aromatic rings. The van der Waals surface area contributed by atoms with Crippen LogP contribution in [-0.4, -0.2) is 42.9 Å². The third-order valence-corrected chi connectivity index (χ3v) is 5.67. The molecule has 7 nitrogen and oxygen atoms in total. The van der Waals surface area contributed by atoms with Crippen molar-refractivity contribution < 1.29 is 23.9 Å². The number of piperidine rings is 1. The summed E-state index contributed by atoms with van der Waals surface area (Å²) < 4.78 is 11.0. The lowest BCUT2D eigenvalue weighted by molar-refractivity contribution is -0.161. The zero-order chi connectivity index (χ0) is 24.0. The van der Waals surface area contributed by atoms with Crippen LogP contribution in [0.2, 0.25) is 0 Å². The van der Waals surface area contributed by atoms with Gasteiger partial charge in [0.05, 0.1) is 13.0 Å². The predicted molar refractivity (Wildman–Crippen MR) is 126 cm³/mol. The Hall–Kier alpha value is -3.35. The van der Waals surface area contributed by atoms with Crippen LogP contribution in [0, 0.1) is 11.3 Å². The molecule has 0 aromatic heterocycles. The lowest BCUT2D eigenvalue weighted by atomic mass is 9.91. The first kappa shape index (κ1) is 24.3. The Morgan fingerprint density at radius 1 is 1.00 bits per heavy atom. The molecule has 1 aliphatic rings. The van der Waals surface area contributed by atoms with Gasteiger partial charge in [0.2, 0.25) is 12.0 Å². The van der Waals surface area contributed by atoms with Crippen molar-refractivity contribution in [1.29, 1.82) is 0 Å². The molecule has 0 saturated carbocycles. The molecule has 2 amide bonds. The summed E-state index contributed by atoms with van der Waals surface area (Å²) in [5, 5.41) is 2.81. The maximum atomic E-state index is 13.1. The van der Waals surface area contributed by atoms with E-state index in [9.17, 15) is 14.4 Å². The van der Waals surface area contributed by atoms with Crippen LogP contribution in [0.4, 0.5) is 5.69 Å². The predicted octanol–water partition coefficient (Wildman–Crippen LogP) is 4.20. The highest BCUT2D eigenvalue weighted by atomic mass is 16.5. The van der Waals surface area contributed by atoms with E-state index in [1.165, 1.54) is 0 Å². The molecule has 1 saturated heterocycles. The van der Waals surface area contributed by atoms with Crippen molar-refractivity contribution in [3.8, 4) is 5.75 Å². The van der Waals surface area contributed by atoms with E-state index in [0.29, 0.717) is 42.9 Å². The number of hydrogen-bond donors (Lipinski definition) is 1. The number of rotatable bonds is 6. The Bertz CT molecular complexity index is 976. The summed E-state index contributed by atoms with van der Waals surface area (Å²) in [6.45, 7) is 6.67. The van der Waals surface area contributed by atoms with E-state index < -0.39 is 23.4 Å². The fourth-order valence-electron chi connectivity index (χ4n) is 3.81. The number of ether oxygens (including phenoxy) is 2. The van der Waals surface area contributed by atoms with Crippen LogP contribution in [-0.2, 0) is 19.1 Å². The number of esters is 1. The highest BCUT2D eigenvalue weighted by molar-refractivity contribution is 5.96. The number of methoxy groups -OCH3 is 1. The SMILES string of the molecule is COc1cccc(NC(=O)C(OC(=O)C2CCN(C(=O)C(C)(C)C)CC2)c2ccccc2)c1. The Kier molecular flexibility index (Phi) is 7.74. The van der Waals surface area contributed by atoms with Crippen molar-refractivity contribution in [2.24, 2.45) is 11.3 Å². The smallest absolute Gasteiger partial charge is 0.310 e. The van der Waals surface area contributed by atoms with E-state index in [0.717, 1.165) is 0 Å². The van der Waals surface area contributed by atoms with Gasteiger partial charge in [-0.3, -0.25) is 14.4 Å². The molecule has 7 heteroatoms. The molecular weight excluding hydrogens is 420 g/mol. The van der Waals surface area contributed by atoms with Crippen LogP contribution >= 0.6 is 0 Å². The summed E-state index contributed by atoms with van der Waals surface area (Å²) in [5.41, 5.74) is 0.682. The second-order valence-electron chi connectivity index (χ2n) is 9.27. The zero-order valence-electron chi connectivity index (χ0n) is 19.7. The van der Waals surface area contributed by atoms with Gasteiger partial charge in [-0.2, -0.15) is 0 Å². The number of benzene rings is 2. The van der Waals surface area contributed by atoms with Gasteiger partial charge in [0.1, 0.15) is 5.75 Å². The molecule has 176 valence electrons. The molecule has 1 atom stereocenters. The number of likely N-dealkylation sites (tertiary alicyclic amines) is 1. The van der Waals surface area contributed by atoms with Crippen LogP contribution in [0.15, 0.2) is 54.6 Å². The molecule has 33 heavy (non-hydrogen) atoms. The summed E-state index contributed by atoms with van der Waals surface area (Å²) in [6, 6.07) is 15.9. The molecule has 0 spiro atoms. The van der Waals surface area contributed by atoms with Gasteiger partial charge >= 0.3 is 5.97 Å². The van der Waals surface area contributed by atoms with Crippen LogP contribution in [0.3, 0.4) is 0 Å². The van der Waals surface area contributed by atoms with Crippen molar-refractivity contribution in [1.82, 2.24) is 4.90 Å².